The van der Waals surface area contributed by atoms with Crippen molar-refractivity contribution in [3.8, 4) is 21.8 Å². The van der Waals surface area contributed by atoms with Crippen molar-refractivity contribution in [1.29, 1.82) is 0 Å². The van der Waals surface area contributed by atoms with Crippen molar-refractivity contribution in [3.63, 3.8) is 0 Å². The molecular formula is C28H34F2N8OS. The van der Waals surface area contributed by atoms with Gasteiger partial charge in [-0.25, -0.2) is 23.3 Å². The molecule has 1 atom stereocenters. The molecule has 0 aliphatic carbocycles. The molecule has 0 bridgehead atoms. The van der Waals surface area contributed by atoms with Crippen LogP contribution in [-0.4, -0.2) is 93.1 Å². The van der Waals surface area contributed by atoms with Crippen molar-refractivity contribution in [3.05, 3.63) is 53.7 Å². The van der Waals surface area contributed by atoms with E-state index >= 15 is 0 Å². The number of hydrogen-bond donors (Lipinski definition) is 2. The predicted octanol–water partition coefficient (Wildman–Crippen LogP) is 4.34. The second kappa shape index (κ2) is 11.9. The van der Waals surface area contributed by atoms with E-state index in [0.29, 0.717) is 47.9 Å². The number of thiophene rings is 1. The molecule has 1 aliphatic heterocycles. The number of anilines is 1. The number of aromatic nitrogens is 4. The Kier molecular flexibility index (Phi) is 8.38. The second-order valence-electron chi connectivity index (χ2n) is 10.0. The fraction of sp³-hybridized carbons (Fsp3) is 0.429. The molecule has 0 saturated carbocycles. The largest absolute Gasteiger partial charge is 0.369 e. The lowest BCUT2D eigenvalue weighted by atomic mass is 10.1. The average Bonchev–Trinajstić information content (AvgIpc) is 3.61. The van der Waals surface area contributed by atoms with Crippen LogP contribution in [0, 0.1) is 0 Å². The molecule has 1 amide bonds. The van der Waals surface area contributed by atoms with Gasteiger partial charge in [-0.05, 0) is 49.7 Å². The maximum absolute atomic E-state index is 13.3. The molecule has 2 N–H and O–H groups in total. The Bertz CT molecular complexity index is 1450. The third kappa shape index (κ3) is 6.29. The quantitative estimate of drug-likeness (QED) is 0.263. The van der Waals surface area contributed by atoms with Crippen LogP contribution in [0.5, 0.6) is 0 Å². The van der Waals surface area contributed by atoms with E-state index in [9.17, 15) is 13.6 Å². The molecule has 212 valence electrons. The number of halogens is 2. The number of carbonyl (C=O) groups is 1. The molecule has 4 aromatic rings. The van der Waals surface area contributed by atoms with Crippen molar-refractivity contribution < 1.29 is 13.6 Å². The Hall–Kier alpha value is -3.48. The lowest BCUT2D eigenvalue weighted by Crippen LogP contribution is -2.57. The second-order valence-corrected chi connectivity index (χ2v) is 11.0. The summed E-state index contributed by atoms with van der Waals surface area (Å²) in [6, 6.07) is 9.53. The van der Waals surface area contributed by atoms with Gasteiger partial charge in [0.2, 0.25) is 0 Å². The maximum Gasteiger partial charge on any atom is 0.272 e. The number of rotatable bonds is 12. The van der Waals surface area contributed by atoms with Crippen LogP contribution >= 0.6 is 11.3 Å². The number of fused-ring (bicyclic) bond motifs is 1. The molecule has 12 heteroatoms. The minimum Gasteiger partial charge on any atom is -0.369 e. The summed E-state index contributed by atoms with van der Waals surface area (Å²) in [6.45, 7) is 9.00. The van der Waals surface area contributed by atoms with Crippen LogP contribution in [-0.2, 0) is 0 Å². The molecule has 0 aromatic carbocycles. The molecule has 40 heavy (non-hydrogen) atoms. The summed E-state index contributed by atoms with van der Waals surface area (Å²) in [5.41, 5.74) is 3.14. The van der Waals surface area contributed by atoms with E-state index in [1.54, 1.807) is 39.1 Å². The third-order valence-electron chi connectivity index (χ3n) is 7.14. The first-order valence-electron chi connectivity index (χ1n) is 13.5. The van der Waals surface area contributed by atoms with Gasteiger partial charge in [0, 0.05) is 37.4 Å². The molecule has 0 spiro atoms. The van der Waals surface area contributed by atoms with Crippen LogP contribution in [0.3, 0.4) is 0 Å². The minimum atomic E-state index is -2.61. The van der Waals surface area contributed by atoms with Crippen molar-refractivity contribution in [2.24, 2.45) is 0 Å². The molecule has 0 radical (unpaired) electrons. The Morgan fingerprint density at radius 3 is 2.67 bits per heavy atom. The molecule has 1 saturated heterocycles. The van der Waals surface area contributed by atoms with Crippen LogP contribution in [0.25, 0.3) is 27.5 Å². The standard InChI is InChI=1S/C28H34F2N8OS/c1-4-37(5-2)19(3)15-32-27(39)20-13-23(34-25(14-20)31-9-11-36-17-28(29,30)18-36)21-16-33-38-10-8-22(35-26(21)38)24-7-6-12-40-24/h6-8,10,12-14,16,19H,4-5,9,11,15,17-18H2,1-3H3,(H,31,34)(H,32,39). The van der Waals surface area contributed by atoms with Crippen molar-refractivity contribution in [1.82, 2.24) is 34.7 Å². The highest BCUT2D eigenvalue weighted by Gasteiger charge is 2.43. The van der Waals surface area contributed by atoms with Crippen molar-refractivity contribution >= 4 is 28.7 Å². The van der Waals surface area contributed by atoms with Gasteiger partial charge in [0.15, 0.2) is 5.65 Å². The zero-order valence-electron chi connectivity index (χ0n) is 22.9. The van der Waals surface area contributed by atoms with Crippen LogP contribution in [0.15, 0.2) is 48.1 Å². The number of pyridine rings is 1. The smallest absolute Gasteiger partial charge is 0.272 e. The number of nitrogens with zero attached hydrogens (tertiary/aromatic N) is 6. The van der Waals surface area contributed by atoms with E-state index in [1.807, 2.05) is 29.8 Å². The first-order valence-corrected chi connectivity index (χ1v) is 14.4. The van der Waals surface area contributed by atoms with Crippen molar-refractivity contribution in [2.45, 2.75) is 32.7 Å². The number of amides is 1. The number of hydrogen-bond acceptors (Lipinski definition) is 8. The average molecular weight is 569 g/mol. The van der Waals surface area contributed by atoms with Gasteiger partial charge < -0.3 is 10.6 Å². The first-order chi connectivity index (χ1) is 19.3. The van der Waals surface area contributed by atoms with Gasteiger partial charge in [0.1, 0.15) is 5.82 Å². The fourth-order valence-corrected chi connectivity index (χ4v) is 5.62. The third-order valence-corrected chi connectivity index (χ3v) is 8.04. The van der Waals surface area contributed by atoms with Gasteiger partial charge >= 0.3 is 0 Å². The molecule has 1 unspecified atom stereocenters. The number of nitrogens with one attached hydrogen (secondary N) is 2. The summed E-state index contributed by atoms with van der Waals surface area (Å²) in [6.07, 6.45) is 3.55. The Labute approximate surface area is 236 Å². The van der Waals surface area contributed by atoms with Gasteiger partial charge in [-0.1, -0.05) is 19.9 Å². The zero-order chi connectivity index (χ0) is 28.3. The minimum absolute atomic E-state index is 0.187. The maximum atomic E-state index is 13.3. The predicted molar refractivity (Wildman–Crippen MR) is 154 cm³/mol. The van der Waals surface area contributed by atoms with Gasteiger partial charge in [-0.15, -0.1) is 11.3 Å². The highest BCUT2D eigenvalue weighted by atomic mass is 32.1. The SMILES string of the molecule is CCN(CC)C(C)CNC(=O)c1cc(NCCN2CC(F)(F)C2)nc(-c2cnn3ccc(-c4cccs4)nc23)c1. The lowest BCUT2D eigenvalue weighted by Gasteiger charge is -2.38. The highest BCUT2D eigenvalue weighted by molar-refractivity contribution is 7.13. The topological polar surface area (TPSA) is 90.7 Å². The molecule has 5 heterocycles. The number of likely N-dealkylation sites (N-methyl/N-ethyl adjacent to an activating group) is 1. The van der Waals surface area contributed by atoms with Gasteiger partial charge in [0.05, 0.1) is 41.1 Å². The number of alkyl halides is 2. The Morgan fingerprint density at radius 1 is 1.18 bits per heavy atom. The summed E-state index contributed by atoms with van der Waals surface area (Å²) >= 11 is 1.60. The summed E-state index contributed by atoms with van der Waals surface area (Å²) < 4.78 is 28.1. The van der Waals surface area contributed by atoms with Crippen LogP contribution in [0.1, 0.15) is 31.1 Å². The summed E-state index contributed by atoms with van der Waals surface area (Å²) in [5.74, 6) is -2.33. The molecular weight excluding hydrogens is 534 g/mol. The number of likely N-dealkylation sites (tertiary alicyclic amines) is 1. The van der Waals surface area contributed by atoms with E-state index in [1.165, 1.54) is 0 Å². The Morgan fingerprint density at radius 2 is 1.98 bits per heavy atom. The van der Waals surface area contributed by atoms with Gasteiger partial charge in [-0.2, -0.15) is 5.10 Å². The zero-order valence-corrected chi connectivity index (χ0v) is 23.7. The van der Waals surface area contributed by atoms with E-state index in [2.05, 4.69) is 41.4 Å². The molecule has 9 nitrogen and oxygen atoms in total. The first kappa shape index (κ1) is 28.1. The summed E-state index contributed by atoms with van der Waals surface area (Å²) in [7, 11) is 0. The van der Waals surface area contributed by atoms with Crippen LogP contribution in [0.2, 0.25) is 0 Å². The molecule has 1 fully saturated rings. The molecule has 5 rings (SSSR count). The van der Waals surface area contributed by atoms with Crippen LogP contribution < -0.4 is 10.6 Å². The lowest BCUT2D eigenvalue weighted by molar-refractivity contribution is -0.128. The Balaban J connectivity index is 1.41. The van der Waals surface area contributed by atoms with Crippen molar-refractivity contribution in [2.75, 3.05) is 51.1 Å². The number of carbonyl (C=O) groups excluding carboxylic acids is 1. The monoisotopic (exact) mass is 568 g/mol. The van der Waals surface area contributed by atoms with E-state index in [4.69, 9.17) is 9.97 Å². The fourth-order valence-electron chi connectivity index (χ4n) is 4.93. The van der Waals surface area contributed by atoms with Crippen LogP contribution in [0.4, 0.5) is 14.6 Å². The van der Waals surface area contributed by atoms with E-state index < -0.39 is 5.92 Å². The van der Waals surface area contributed by atoms with Gasteiger partial charge in [0.25, 0.3) is 11.8 Å². The van der Waals surface area contributed by atoms with Gasteiger partial charge in [-0.3, -0.25) is 14.6 Å². The van der Waals surface area contributed by atoms with E-state index in [0.717, 1.165) is 23.7 Å². The summed E-state index contributed by atoms with van der Waals surface area (Å²) in [5, 5.41) is 12.7. The normalized spacial score (nSPS) is 15.8. The highest BCUT2D eigenvalue weighted by Crippen LogP contribution is 2.29. The molecule has 4 aromatic heterocycles. The van der Waals surface area contributed by atoms with E-state index in [-0.39, 0.29) is 25.0 Å². The molecule has 1 aliphatic rings. The summed E-state index contributed by atoms with van der Waals surface area (Å²) in [4.78, 5) is 27.9.